The average molecular weight is 365 g/mol. The Labute approximate surface area is 160 Å². The molecule has 2 heterocycles. The van der Waals surface area contributed by atoms with Crippen LogP contribution in [0.4, 0.5) is 0 Å². The third-order valence-corrected chi connectivity index (χ3v) is 6.47. The molecular weight excluding hydrogens is 338 g/mol. The summed E-state index contributed by atoms with van der Waals surface area (Å²) in [5.74, 6) is 0.112. The molecule has 2 fully saturated rings. The van der Waals surface area contributed by atoms with Crippen molar-refractivity contribution >= 4 is 5.91 Å². The number of para-hydroxylation sites is 1. The lowest BCUT2D eigenvalue weighted by Crippen LogP contribution is -2.55. The molecule has 1 aromatic carbocycles. The second-order valence-corrected chi connectivity index (χ2v) is 8.09. The van der Waals surface area contributed by atoms with E-state index in [4.69, 9.17) is 9.84 Å². The van der Waals surface area contributed by atoms with E-state index >= 15 is 0 Å². The molecule has 2 unspecified atom stereocenters. The number of benzene rings is 1. The Bertz CT molecular complexity index is 870. The van der Waals surface area contributed by atoms with E-state index in [1.165, 1.54) is 29.7 Å². The van der Waals surface area contributed by atoms with E-state index in [9.17, 15) is 4.79 Å². The van der Waals surface area contributed by atoms with Gasteiger partial charge in [-0.15, -0.1) is 0 Å². The summed E-state index contributed by atoms with van der Waals surface area (Å²) in [7, 11) is 0. The Morgan fingerprint density at radius 1 is 1.15 bits per heavy atom. The number of hydrogen-bond donors (Lipinski definition) is 0. The number of fused-ring (bicyclic) bond motifs is 2. The standard InChI is InChI=1S/C22H27N3O2/c1-15-7-2-3-9-17(15)25-18-11-6-8-16(18)21(23-25)22(26)24-13-14-27-20-12-5-4-10-19(20)24/h2-3,7,9,19-20H,4-6,8,10-14H2,1H3. The fourth-order valence-electron chi connectivity index (χ4n) is 5.09. The minimum Gasteiger partial charge on any atom is -0.374 e. The quantitative estimate of drug-likeness (QED) is 0.819. The van der Waals surface area contributed by atoms with Gasteiger partial charge >= 0.3 is 0 Å². The molecule has 5 nitrogen and oxygen atoms in total. The molecule has 2 aromatic rings. The number of rotatable bonds is 2. The van der Waals surface area contributed by atoms with Crippen LogP contribution >= 0.6 is 0 Å². The van der Waals surface area contributed by atoms with E-state index in [1.807, 2.05) is 16.8 Å². The summed E-state index contributed by atoms with van der Waals surface area (Å²) < 4.78 is 7.99. The van der Waals surface area contributed by atoms with Crippen LogP contribution in [0, 0.1) is 6.92 Å². The van der Waals surface area contributed by atoms with Gasteiger partial charge in [0.25, 0.3) is 5.91 Å². The monoisotopic (exact) mass is 365 g/mol. The average Bonchev–Trinajstić information content (AvgIpc) is 3.30. The molecule has 0 spiro atoms. The van der Waals surface area contributed by atoms with E-state index in [0.717, 1.165) is 37.8 Å². The Balaban J connectivity index is 1.53. The summed E-state index contributed by atoms with van der Waals surface area (Å²) >= 11 is 0. The van der Waals surface area contributed by atoms with Gasteiger partial charge in [0.05, 0.1) is 24.4 Å². The fraction of sp³-hybridized carbons (Fsp3) is 0.545. The van der Waals surface area contributed by atoms with Gasteiger partial charge in [0.2, 0.25) is 0 Å². The summed E-state index contributed by atoms with van der Waals surface area (Å²) in [5, 5.41) is 4.86. The SMILES string of the molecule is Cc1ccccc1-n1nc(C(=O)N2CCOC3CCCCC32)c2c1CCC2. The maximum absolute atomic E-state index is 13.5. The highest BCUT2D eigenvalue weighted by atomic mass is 16.5. The highest BCUT2D eigenvalue weighted by Crippen LogP contribution is 2.33. The van der Waals surface area contributed by atoms with Crippen LogP contribution in [0.2, 0.25) is 0 Å². The predicted octanol–water partition coefficient (Wildman–Crippen LogP) is 3.45. The zero-order valence-corrected chi connectivity index (χ0v) is 16.0. The molecule has 5 rings (SSSR count). The first-order valence-corrected chi connectivity index (χ1v) is 10.3. The smallest absolute Gasteiger partial charge is 0.275 e. The van der Waals surface area contributed by atoms with Gasteiger partial charge in [-0.1, -0.05) is 31.0 Å². The van der Waals surface area contributed by atoms with Gasteiger partial charge in [-0.05, 0) is 50.7 Å². The van der Waals surface area contributed by atoms with Gasteiger partial charge in [0, 0.05) is 17.8 Å². The van der Waals surface area contributed by atoms with Crippen molar-refractivity contribution in [2.45, 2.75) is 64.0 Å². The van der Waals surface area contributed by atoms with Gasteiger partial charge in [0.1, 0.15) is 0 Å². The summed E-state index contributed by atoms with van der Waals surface area (Å²) in [4.78, 5) is 15.6. The van der Waals surface area contributed by atoms with E-state index in [2.05, 4.69) is 24.0 Å². The van der Waals surface area contributed by atoms with Crippen molar-refractivity contribution in [1.29, 1.82) is 0 Å². The Hall–Kier alpha value is -2.14. The van der Waals surface area contributed by atoms with Gasteiger partial charge in [-0.2, -0.15) is 5.10 Å². The summed E-state index contributed by atoms with van der Waals surface area (Å²) in [6.45, 7) is 3.44. The fourth-order valence-corrected chi connectivity index (χ4v) is 5.09. The molecule has 2 aliphatic carbocycles. The Morgan fingerprint density at radius 3 is 2.89 bits per heavy atom. The molecule has 0 radical (unpaired) electrons. The number of carbonyl (C=O) groups is 1. The molecule has 1 amide bonds. The van der Waals surface area contributed by atoms with Crippen molar-refractivity contribution < 1.29 is 9.53 Å². The highest BCUT2D eigenvalue weighted by Gasteiger charge is 2.39. The van der Waals surface area contributed by atoms with Crippen LogP contribution < -0.4 is 0 Å². The van der Waals surface area contributed by atoms with E-state index in [-0.39, 0.29) is 18.1 Å². The number of aryl methyl sites for hydroxylation is 1. The number of hydrogen-bond acceptors (Lipinski definition) is 3. The van der Waals surface area contributed by atoms with Crippen LogP contribution in [0.3, 0.4) is 0 Å². The molecule has 1 saturated heterocycles. The van der Waals surface area contributed by atoms with Crippen LogP contribution in [0.25, 0.3) is 5.69 Å². The molecule has 142 valence electrons. The molecule has 0 N–H and O–H groups in total. The number of nitrogens with zero attached hydrogens (tertiary/aromatic N) is 3. The Kier molecular flexibility index (Phi) is 4.27. The lowest BCUT2D eigenvalue weighted by Gasteiger charge is -2.43. The van der Waals surface area contributed by atoms with E-state index < -0.39 is 0 Å². The van der Waals surface area contributed by atoms with Crippen molar-refractivity contribution in [3.8, 4) is 5.69 Å². The lowest BCUT2D eigenvalue weighted by molar-refractivity contribution is -0.0754. The third-order valence-electron chi connectivity index (χ3n) is 6.47. The predicted molar refractivity (Wildman–Crippen MR) is 103 cm³/mol. The van der Waals surface area contributed by atoms with Gasteiger partial charge in [-0.3, -0.25) is 4.79 Å². The maximum Gasteiger partial charge on any atom is 0.275 e. The van der Waals surface area contributed by atoms with Crippen LogP contribution in [0.1, 0.15) is 59.4 Å². The second kappa shape index (κ2) is 6.79. The van der Waals surface area contributed by atoms with Crippen LogP contribution in [-0.2, 0) is 17.6 Å². The third kappa shape index (κ3) is 2.80. The van der Waals surface area contributed by atoms with Crippen molar-refractivity contribution in [2.24, 2.45) is 0 Å². The van der Waals surface area contributed by atoms with Gasteiger partial charge in [0.15, 0.2) is 5.69 Å². The van der Waals surface area contributed by atoms with Crippen LogP contribution in [0.5, 0.6) is 0 Å². The van der Waals surface area contributed by atoms with Gasteiger partial charge < -0.3 is 9.64 Å². The second-order valence-electron chi connectivity index (χ2n) is 8.09. The lowest BCUT2D eigenvalue weighted by atomic mass is 9.90. The number of ether oxygens (including phenoxy) is 1. The number of amides is 1. The van der Waals surface area contributed by atoms with Crippen molar-refractivity contribution in [1.82, 2.24) is 14.7 Å². The molecule has 1 aliphatic heterocycles. The van der Waals surface area contributed by atoms with Crippen molar-refractivity contribution in [2.75, 3.05) is 13.2 Å². The van der Waals surface area contributed by atoms with E-state index in [1.54, 1.807) is 0 Å². The van der Waals surface area contributed by atoms with Crippen molar-refractivity contribution in [3.63, 3.8) is 0 Å². The minimum atomic E-state index is 0.112. The Morgan fingerprint density at radius 2 is 2.00 bits per heavy atom. The topological polar surface area (TPSA) is 47.4 Å². The van der Waals surface area contributed by atoms with Crippen LogP contribution in [-0.4, -0.2) is 45.9 Å². The zero-order chi connectivity index (χ0) is 18.4. The first kappa shape index (κ1) is 17.0. The first-order valence-electron chi connectivity index (χ1n) is 10.3. The summed E-state index contributed by atoms with van der Waals surface area (Å²) in [5.41, 5.74) is 5.35. The maximum atomic E-state index is 13.5. The first-order chi connectivity index (χ1) is 13.2. The molecular formula is C22H27N3O2. The zero-order valence-electron chi connectivity index (χ0n) is 16.0. The van der Waals surface area contributed by atoms with Crippen LogP contribution in [0.15, 0.2) is 24.3 Å². The minimum absolute atomic E-state index is 0.112. The molecule has 27 heavy (non-hydrogen) atoms. The molecule has 2 atom stereocenters. The number of morpholine rings is 1. The van der Waals surface area contributed by atoms with Gasteiger partial charge in [-0.25, -0.2) is 4.68 Å². The summed E-state index contributed by atoms with van der Waals surface area (Å²) in [6.07, 6.45) is 7.79. The molecule has 3 aliphatic rings. The molecule has 5 heteroatoms. The number of carbonyl (C=O) groups excluding carboxylic acids is 1. The largest absolute Gasteiger partial charge is 0.374 e. The number of aromatic nitrogens is 2. The molecule has 0 bridgehead atoms. The molecule has 1 aromatic heterocycles. The van der Waals surface area contributed by atoms with E-state index in [0.29, 0.717) is 18.8 Å². The molecule has 1 saturated carbocycles. The normalized spacial score (nSPS) is 24.6. The highest BCUT2D eigenvalue weighted by molar-refractivity contribution is 5.94. The summed E-state index contributed by atoms with van der Waals surface area (Å²) in [6, 6.07) is 8.52. The van der Waals surface area contributed by atoms with Crippen molar-refractivity contribution in [3.05, 3.63) is 46.8 Å².